The van der Waals surface area contributed by atoms with Crippen molar-refractivity contribution >= 4 is 17.3 Å². The van der Waals surface area contributed by atoms with Gasteiger partial charge in [-0.3, -0.25) is 9.80 Å². The van der Waals surface area contributed by atoms with Gasteiger partial charge in [-0.25, -0.2) is 0 Å². The average Bonchev–Trinajstić information content (AvgIpc) is 3.20. The van der Waals surface area contributed by atoms with Crippen molar-refractivity contribution in [2.75, 3.05) is 52.5 Å². The van der Waals surface area contributed by atoms with Crippen LogP contribution in [0.2, 0.25) is 0 Å². The van der Waals surface area contributed by atoms with Gasteiger partial charge in [0.15, 0.2) is 5.11 Å². The summed E-state index contributed by atoms with van der Waals surface area (Å²) >= 11 is 5.41. The summed E-state index contributed by atoms with van der Waals surface area (Å²) in [4.78, 5) is 5.27. The van der Waals surface area contributed by atoms with Crippen LogP contribution in [0.4, 0.5) is 0 Å². The maximum absolute atomic E-state index is 5.48. The number of nitrogens with one attached hydrogen (secondary N) is 2. The molecule has 0 aromatic carbocycles. The highest BCUT2D eigenvalue weighted by Crippen LogP contribution is 2.36. The summed E-state index contributed by atoms with van der Waals surface area (Å²) in [5, 5.41) is 7.34. The van der Waals surface area contributed by atoms with Crippen molar-refractivity contribution in [3.05, 3.63) is 24.2 Å². The number of piperidine rings is 3. The molecule has 5 heterocycles. The van der Waals surface area contributed by atoms with Gasteiger partial charge in [0.2, 0.25) is 0 Å². The molecule has 5 rings (SSSR count). The van der Waals surface area contributed by atoms with Crippen molar-refractivity contribution in [3.63, 3.8) is 0 Å². The SMILES string of the molecule is S=C(NCc1ccco1)NC[C@@H]1C[C@H]2CCN1C[C@@H]2CN1CCOCC1. The fourth-order valence-corrected chi connectivity index (χ4v) is 4.79. The maximum atomic E-state index is 5.48. The lowest BCUT2D eigenvalue weighted by Gasteiger charge is -2.51. The number of morpholine rings is 1. The average molecular weight is 379 g/mol. The number of nitrogens with zero attached hydrogens (tertiary/aromatic N) is 2. The minimum atomic E-state index is 0.609. The van der Waals surface area contributed by atoms with E-state index in [9.17, 15) is 0 Å². The van der Waals surface area contributed by atoms with Crippen LogP contribution in [0.3, 0.4) is 0 Å². The van der Waals surface area contributed by atoms with Gasteiger partial charge in [0, 0.05) is 38.8 Å². The van der Waals surface area contributed by atoms with Crippen molar-refractivity contribution in [1.29, 1.82) is 0 Å². The third-order valence-corrected chi connectivity index (χ3v) is 6.40. The molecule has 1 aromatic rings. The molecule has 1 aromatic heterocycles. The summed E-state index contributed by atoms with van der Waals surface area (Å²) in [6.07, 6.45) is 4.34. The van der Waals surface area contributed by atoms with Crippen LogP contribution in [0.5, 0.6) is 0 Å². The number of furan rings is 1. The summed E-state index contributed by atoms with van der Waals surface area (Å²) in [6, 6.07) is 4.46. The zero-order valence-corrected chi connectivity index (χ0v) is 16.2. The Morgan fingerprint density at radius 2 is 2.12 bits per heavy atom. The number of hydrogen-bond donors (Lipinski definition) is 2. The molecule has 26 heavy (non-hydrogen) atoms. The van der Waals surface area contributed by atoms with Crippen molar-refractivity contribution in [3.8, 4) is 0 Å². The minimum absolute atomic E-state index is 0.609. The predicted octanol–water partition coefficient (Wildman–Crippen LogP) is 1.29. The summed E-state index contributed by atoms with van der Waals surface area (Å²) in [6.45, 7) is 9.29. The van der Waals surface area contributed by atoms with Crippen LogP contribution in [-0.2, 0) is 11.3 Å². The Labute approximate surface area is 161 Å². The molecule has 0 amide bonds. The van der Waals surface area contributed by atoms with E-state index in [0.29, 0.717) is 17.7 Å². The van der Waals surface area contributed by atoms with Crippen LogP contribution in [0, 0.1) is 11.8 Å². The molecule has 144 valence electrons. The molecule has 4 fully saturated rings. The van der Waals surface area contributed by atoms with E-state index in [1.165, 1.54) is 32.5 Å². The topological polar surface area (TPSA) is 52.9 Å². The fourth-order valence-electron chi connectivity index (χ4n) is 4.64. The molecule has 2 bridgehead atoms. The Morgan fingerprint density at radius 3 is 2.85 bits per heavy atom. The normalized spacial score (nSPS) is 31.7. The number of fused-ring (bicyclic) bond motifs is 3. The zero-order valence-electron chi connectivity index (χ0n) is 15.4. The van der Waals surface area contributed by atoms with Crippen molar-refractivity contribution < 1.29 is 9.15 Å². The number of rotatable bonds is 6. The number of ether oxygens (including phenoxy) is 1. The maximum Gasteiger partial charge on any atom is 0.166 e. The van der Waals surface area contributed by atoms with Crippen molar-refractivity contribution in [1.82, 2.24) is 20.4 Å². The second-order valence-corrected chi connectivity index (χ2v) is 8.16. The van der Waals surface area contributed by atoms with Gasteiger partial charge in [0.05, 0.1) is 26.0 Å². The van der Waals surface area contributed by atoms with Crippen molar-refractivity contribution in [2.45, 2.75) is 25.4 Å². The van der Waals surface area contributed by atoms with Gasteiger partial charge in [-0.15, -0.1) is 0 Å². The van der Waals surface area contributed by atoms with Crippen LogP contribution in [-0.4, -0.2) is 73.4 Å². The van der Waals surface area contributed by atoms with E-state index in [2.05, 4.69) is 20.4 Å². The molecule has 1 unspecified atom stereocenters. The van der Waals surface area contributed by atoms with Crippen LogP contribution >= 0.6 is 12.2 Å². The van der Waals surface area contributed by atoms with E-state index in [1.54, 1.807) is 6.26 Å². The molecular formula is C19H30N4O2S. The predicted molar refractivity (Wildman–Crippen MR) is 105 cm³/mol. The number of thiocarbonyl (C=S) groups is 1. The first-order chi connectivity index (χ1) is 12.8. The second kappa shape index (κ2) is 8.69. The van der Waals surface area contributed by atoms with Gasteiger partial charge >= 0.3 is 0 Å². The lowest BCUT2D eigenvalue weighted by atomic mass is 9.75. The first-order valence-electron chi connectivity index (χ1n) is 9.86. The van der Waals surface area contributed by atoms with E-state index in [-0.39, 0.29) is 0 Å². The highest BCUT2D eigenvalue weighted by atomic mass is 32.1. The second-order valence-electron chi connectivity index (χ2n) is 7.75. The fraction of sp³-hybridized carbons (Fsp3) is 0.737. The Bertz CT molecular complexity index is 576. The van der Waals surface area contributed by atoms with Gasteiger partial charge < -0.3 is 19.8 Å². The minimum Gasteiger partial charge on any atom is -0.467 e. The van der Waals surface area contributed by atoms with Crippen LogP contribution in [0.15, 0.2) is 22.8 Å². The van der Waals surface area contributed by atoms with Gasteiger partial charge in [-0.1, -0.05) is 0 Å². The smallest absolute Gasteiger partial charge is 0.166 e. The van der Waals surface area contributed by atoms with Crippen LogP contribution in [0.25, 0.3) is 0 Å². The summed E-state index contributed by atoms with van der Waals surface area (Å²) in [7, 11) is 0. The summed E-state index contributed by atoms with van der Waals surface area (Å²) in [5.41, 5.74) is 0. The molecule has 4 atom stereocenters. The molecule has 6 nitrogen and oxygen atoms in total. The molecule has 0 aliphatic carbocycles. The standard InChI is InChI=1S/C19H30N4O2S/c26-19(21-12-18-2-1-7-25-18)20-11-17-10-15-3-4-23(17)14-16(15)13-22-5-8-24-9-6-22/h1-2,7,15-17H,3-6,8-14H2,(H2,20,21,26)/t15-,16+,17+/m1/s1. The van der Waals surface area contributed by atoms with E-state index in [4.69, 9.17) is 21.4 Å². The van der Waals surface area contributed by atoms with Crippen LogP contribution in [0.1, 0.15) is 18.6 Å². The van der Waals surface area contributed by atoms with Gasteiger partial charge in [0.1, 0.15) is 5.76 Å². The third kappa shape index (κ3) is 4.57. The molecule has 0 radical (unpaired) electrons. The Balaban J connectivity index is 1.19. The van der Waals surface area contributed by atoms with Crippen LogP contribution < -0.4 is 10.6 Å². The highest BCUT2D eigenvalue weighted by Gasteiger charge is 2.40. The van der Waals surface area contributed by atoms with E-state index < -0.39 is 0 Å². The molecule has 4 saturated heterocycles. The molecule has 4 aliphatic rings. The highest BCUT2D eigenvalue weighted by molar-refractivity contribution is 7.80. The third-order valence-electron chi connectivity index (χ3n) is 6.11. The monoisotopic (exact) mass is 378 g/mol. The molecule has 0 saturated carbocycles. The molecular weight excluding hydrogens is 348 g/mol. The zero-order chi connectivity index (χ0) is 17.8. The lowest BCUT2D eigenvalue weighted by molar-refractivity contribution is -0.0287. The quantitative estimate of drug-likeness (QED) is 0.724. The summed E-state index contributed by atoms with van der Waals surface area (Å²) < 4.78 is 10.8. The van der Waals surface area contributed by atoms with E-state index in [1.807, 2.05) is 12.1 Å². The number of hydrogen-bond acceptors (Lipinski definition) is 5. The Morgan fingerprint density at radius 1 is 1.23 bits per heavy atom. The largest absolute Gasteiger partial charge is 0.467 e. The van der Waals surface area contributed by atoms with E-state index in [0.717, 1.165) is 50.4 Å². The van der Waals surface area contributed by atoms with Gasteiger partial charge in [-0.05, 0) is 55.6 Å². The van der Waals surface area contributed by atoms with Gasteiger partial charge in [0.25, 0.3) is 0 Å². The Hall–Kier alpha value is -1.15. The molecule has 0 spiro atoms. The first kappa shape index (κ1) is 18.2. The Kier molecular flexibility index (Phi) is 6.09. The van der Waals surface area contributed by atoms with Gasteiger partial charge in [-0.2, -0.15) is 0 Å². The molecule has 2 N–H and O–H groups in total. The molecule has 7 heteroatoms. The van der Waals surface area contributed by atoms with E-state index >= 15 is 0 Å². The summed E-state index contributed by atoms with van der Waals surface area (Å²) in [5.74, 6) is 2.59. The molecule has 4 aliphatic heterocycles. The lowest BCUT2D eigenvalue weighted by Crippen LogP contribution is -2.59. The van der Waals surface area contributed by atoms with Crippen molar-refractivity contribution in [2.24, 2.45) is 11.8 Å². The first-order valence-corrected chi connectivity index (χ1v) is 10.3.